The summed E-state index contributed by atoms with van der Waals surface area (Å²) in [6.45, 7) is 8.71. The van der Waals surface area contributed by atoms with Gasteiger partial charge in [-0.05, 0) is 44.9 Å². The minimum atomic E-state index is -0.714. The van der Waals surface area contributed by atoms with Crippen LogP contribution in [0.1, 0.15) is 89.9 Å². The van der Waals surface area contributed by atoms with Gasteiger partial charge in [-0.25, -0.2) is 0 Å². The molecular formula is C24H42O6. The monoisotopic (exact) mass is 426 g/mol. The molecule has 30 heavy (non-hydrogen) atoms. The fourth-order valence-electron chi connectivity index (χ4n) is 3.25. The van der Waals surface area contributed by atoms with E-state index in [1.165, 1.54) is 12.5 Å². The minimum Gasteiger partial charge on any atom is -0.502 e. The van der Waals surface area contributed by atoms with Crippen LogP contribution in [-0.2, 0) is 23.8 Å². The van der Waals surface area contributed by atoms with Gasteiger partial charge in [0.15, 0.2) is 0 Å². The van der Waals surface area contributed by atoms with Gasteiger partial charge in [-0.15, -0.1) is 0 Å². The topological polar surface area (TPSA) is 82.1 Å². The molecule has 0 aliphatic heterocycles. The smallest absolute Gasteiger partial charge is 0.308 e. The van der Waals surface area contributed by atoms with Crippen LogP contribution in [-0.4, -0.2) is 36.9 Å². The Morgan fingerprint density at radius 3 is 1.73 bits per heavy atom. The summed E-state index contributed by atoms with van der Waals surface area (Å²) in [6.07, 6.45) is 15.5. The van der Waals surface area contributed by atoms with Crippen LogP contribution in [0.25, 0.3) is 0 Å². The minimum absolute atomic E-state index is 0.0475. The Labute approximate surface area is 182 Å². The number of aliphatic carboxylic acids is 1. The van der Waals surface area contributed by atoms with Gasteiger partial charge < -0.3 is 19.3 Å². The summed E-state index contributed by atoms with van der Waals surface area (Å²) in [4.78, 5) is 23.0. The first-order valence-corrected chi connectivity index (χ1v) is 11.4. The van der Waals surface area contributed by atoms with Crippen LogP contribution in [0.2, 0.25) is 0 Å². The van der Waals surface area contributed by atoms with E-state index in [0.29, 0.717) is 19.8 Å². The van der Waals surface area contributed by atoms with Crippen molar-refractivity contribution in [2.45, 2.75) is 89.9 Å². The molecule has 0 saturated heterocycles. The van der Waals surface area contributed by atoms with E-state index in [0.717, 1.165) is 83.5 Å². The average Bonchev–Trinajstić information content (AvgIpc) is 2.72. The van der Waals surface area contributed by atoms with Crippen molar-refractivity contribution in [3.05, 3.63) is 25.7 Å². The molecule has 0 saturated carbocycles. The zero-order chi connectivity index (χ0) is 22.3. The van der Waals surface area contributed by atoms with Crippen molar-refractivity contribution in [3.63, 3.8) is 0 Å². The zero-order valence-corrected chi connectivity index (χ0v) is 18.7. The second kappa shape index (κ2) is 21.7. The van der Waals surface area contributed by atoms with Crippen LogP contribution in [0.5, 0.6) is 0 Å². The van der Waals surface area contributed by atoms with E-state index < -0.39 is 5.97 Å². The summed E-state index contributed by atoms with van der Waals surface area (Å²) >= 11 is 0. The highest BCUT2D eigenvalue weighted by atomic mass is 16.5. The summed E-state index contributed by atoms with van der Waals surface area (Å²) in [5, 5.41) is 8.63. The maximum Gasteiger partial charge on any atom is 0.308 e. The van der Waals surface area contributed by atoms with Crippen LogP contribution in [0.4, 0.5) is 0 Å². The normalized spacial score (nSPS) is 11.5. The maximum absolute atomic E-state index is 12.5. The predicted octanol–water partition coefficient (Wildman–Crippen LogP) is 6.01. The second-order valence-electron chi connectivity index (χ2n) is 7.55. The lowest BCUT2D eigenvalue weighted by atomic mass is 9.95. The molecule has 0 aliphatic carbocycles. The van der Waals surface area contributed by atoms with Crippen molar-refractivity contribution >= 4 is 11.9 Å². The number of rotatable bonds is 23. The Hall–Kier alpha value is -1.98. The highest BCUT2D eigenvalue weighted by molar-refractivity contribution is 5.72. The Bertz CT molecular complexity index is 449. The molecule has 6 heteroatoms. The van der Waals surface area contributed by atoms with Crippen molar-refractivity contribution in [3.8, 4) is 0 Å². The molecule has 0 fully saturated rings. The fourth-order valence-corrected chi connectivity index (χ4v) is 3.25. The molecule has 174 valence electrons. The van der Waals surface area contributed by atoms with E-state index in [2.05, 4.69) is 13.2 Å². The summed E-state index contributed by atoms with van der Waals surface area (Å²) in [7, 11) is 0. The molecule has 1 unspecified atom stereocenters. The van der Waals surface area contributed by atoms with Crippen molar-refractivity contribution in [2.24, 2.45) is 5.92 Å². The standard InChI is InChI=1S/C24H42O6/c1-3-28-19-13-12-17-22(24(27)30-21-15-14-20-29-4-2)16-10-8-6-5-7-9-11-18-23(25)26/h3-4,22H,1-2,5-21H2,(H,25,26). The van der Waals surface area contributed by atoms with Crippen LogP contribution in [0, 0.1) is 5.92 Å². The van der Waals surface area contributed by atoms with E-state index in [1.807, 2.05) is 0 Å². The number of hydrogen-bond acceptors (Lipinski definition) is 5. The Morgan fingerprint density at radius 1 is 0.700 bits per heavy atom. The predicted molar refractivity (Wildman–Crippen MR) is 119 cm³/mol. The van der Waals surface area contributed by atoms with Gasteiger partial charge in [0.05, 0.1) is 38.3 Å². The van der Waals surface area contributed by atoms with Gasteiger partial charge in [-0.1, -0.05) is 51.7 Å². The van der Waals surface area contributed by atoms with Crippen molar-refractivity contribution in [1.82, 2.24) is 0 Å². The van der Waals surface area contributed by atoms with E-state index >= 15 is 0 Å². The molecule has 1 N–H and O–H groups in total. The van der Waals surface area contributed by atoms with E-state index in [-0.39, 0.29) is 18.3 Å². The van der Waals surface area contributed by atoms with E-state index in [9.17, 15) is 9.59 Å². The number of carboxylic acid groups (broad SMARTS) is 1. The number of carbonyl (C=O) groups is 2. The molecule has 0 heterocycles. The number of esters is 1. The van der Waals surface area contributed by atoms with Crippen LogP contribution in [0.15, 0.2) is 25.7 Å². The van der Waals surface area contributed by atoms with Crippen LogP contribution in [0.3, 0.4) is 0 Å². The molecule has 0 bridgehead atoms. The van der Waals surface area contributed by atoms with Gasteiger partial charge >= 0.3 is 11.9 Å². The van der Waals surface area contributed by atoms with Gasteiger partial charge in [0.25, 0.3) is 0 Å². The van der Waals surface area contributed by atoms with E-state index in [1.54, 1.807) is 0 Å². The molecule has 0 rings (SSSR count). The van der Waals surface area contributed by atoms with Crippen molar-refractivity contribution in [2.75, 3.05) is 19.8 Å². The van der Waals surface area contributed by atoms with Gasteiger partial charge in [-0.2, -0.15) is 0 Å². The van der Waals surface area contributed by atoms with Crippen LogP contribution < -0.4 is 0 Å². The number of carbonyl (C=O) groups excluding carboxylic acids is 1. The number of carboxylic acids is 1. The quantitative estimate of drug-likeness (QED) is 0.122. The first kappa shape index (κ1) is 28.0. The third-order valence-electron chi connectivity index (χ3n) is 4.98. The number of hydrogen-bond donors (Lipinski definition) is 1. The first-order valence-electron chi connectivity index (χ1n) is 11.4. The molecule has 0 aromatic carbocycles. The molecule has 0 radical (unpaired) electrons. The highest BCUT2D eigenvalue weighted by Gasteiger charge is 2.19. The number of unbranched alkanes of at least 4 members (excludes halogenated alkanes) is 8. The maximum atomic E-state index is 12.5. The molecule has 0 aliphatic rings. The summed E-state index contributed by atoms with van der Waals surface area (Å²) in [5.41, 5.74) is 0. The molecule has 1 atom stereocenters. The van der Waals surface area contributed by atoms with Gasteiger partial charge in [0.2, 0.25) is 0 Å². The molecule has 0 amide bonds. The lowest BCUT2D eigenvalue weighted by molar-refractivity contribution is -0.149. The summed E-state index contributed by atoms with van der Waals surface area (Å²) in [6, 6.07) is 0. The van der Waals surface area contributed by atoms with Gasteiger partial charge in [0, 0.05) is 6.42 Å². The molecule has 0 aromatic rings. The molecule has 0 spiro atoms. The Morgan fingerprint density at radius 2 is 1.17 bits per heavy atom. The third-order valence-corrected chi connectivity index (χ3v) is 4.98. The lowest BCUT2D eigenvalue weighted by Crippen LogP contribution is -2.19. The average molecular weight is 427 g/mol. The summed E-state index contributed by atoms with van der Waals surface area (Å²) in [5.74, 6) is -0.847. The Balaban J connectivity index is 4.01. The number of ether oxygens (including phenoxy) is 3. The summed E-state index contributed by atoms with van der Waals surface area (Å²) < 4.78 is 15.7. The lowest BCUT2D eigenvalue weighted by Gasteiger charge is -2.16. The first-order chi connectivity index (χ1) is 14.6. The fraction of sp³-hybridized carbons (Fsp3) is 0.750. The Kier molecular flexibility index (Phi) is 20.3. The molecular weight excluding hydrogens is 384 g/mol. The van der Waals surface area contributed by atoms with Gasteiger partial charge in [0.1, 0.15) is 0 Å². The van der Waals surface area contributed by atoms with Gasteiger partial charge in [-0.3, -0.25) is 9.59 Å². The van der Waals surface area contributed by atoms with Crippen molar-refractivity contribution in [1.29, 1.82) is 0 Å². The third kappa shape index (κ3) is 19.3. The zero-order valence-electron chi connectivity index (χ0n) is 18.7. The molecule has 0 aromatic heterocycles. The second-order valence-corrected chi connectivity index (χ2v) is 7.55. The van der Waals surface area contributed by atoms with Crippen LogP contribution >= 0.6 is 0 Å². The van der Waals surface area contributed by atoms with Crippen molar-refractivity contribution < 1.29 is 28.9 Å². The largest absolute Gasteiger partial charge is 0.502 e. The van der Waals surface area contributed by atoms with E-state index in [4.69, 9.17) is 19.3 Å². The highest BCUT2D eigenvalue weighted by Crippen LogP contribution is 2.20. The SMILES string of the molecule is C=COCCCCOC(=O)C(CCCCCCCCCC(=O)O)CCCCOC=C. The molecule has 6 nitrogen and oxygen atoms in total.